The highest BCUT2D eigenvalue weighted by Gasteiger charge is 2.27. The Kier molecular flexibility index (Phi) is 4.38. The van der Waals surface area contributed by atoms with Crippen molar-refractivity contribution >= 4 is 5.82 Å². The van der Waals surface area contributed by atoms with Gasteiger partial charge in [0.25, 0.3) is 0 Å². The minimum absolute atomic E-state index is 0.130. The van der Waals surface area contributed by atoms with Gasteiger partial charge in [0.15, 0.2) is 0 Å². The highest BCUT2D eigenvalue weighted by atomic mass is 15.2. The van der Waals surface area contributed by atoms with E-state index in [4.69, 9.17) is 4.98 Å². The Balaban J connectivity index is 2.05. The molecule has 1 aliphatic heterocycles. The van der Waals surface area contributed by atoms with E-state index in [0.29, 0.717) is 5.41 Å². The summed E-state index contributed by atoms with van der Waals surface area (Å²) in [4.78, 5) is 7.26. The van der Waals surface area contributed by atoms with Gasteiger partial charge in [-0.2, -0.15) is 0 Å². The minimum Gasteiger partial charge on any atom is -0.356 e. The maximum Gasteiger partial charge on any atom is 0.128 e. The third kappa shape index (κ3) is 4.48. The van der Waals surface area contributed by atoms with Gasteiger partial charge < -0.3 is 10.2 Å². The Bertz CT molecular complexity index is 446. The molecule has 0 radical (unpaired) electrons. The number of nitrogens with zero attached hydrogens (tertiary/aromatic N) is 2. The first-order chi connectivity index (χ1) is 9.25. The van der Waals surface area contributed by atoms with Gasteiger partial charge in [-0.1, -0.05) is 19.9 Å². The topological polar surface area (TPSA) is 28.2 Å². The molecule has 1 aromatic heterocycles. The summed E-state index contributed by atoms with van der Waals surface area (Å²) < 4.78 is 0. The van der Waals surface area contributed by atoms with Crippen LogP contribution in [0, 0.1) is 5.41 Å². The molecule has 1 saturated heterocycles. The van der Waals surface area contributed by atoms with Gasteiger partial charge >= 0.3 is 0 Å². The van der Waals surface area contributed by atoms with Gasteiger partial charge in [-0.05, 0) is 51.2 Å². The number of rotatable bonds is 3. The van der Waals surface area contributed by atoms with Crippen LogP contribution in [0.5, 0.6) is 0 Å². The molecule has 0 spiro atoms. The number of hydrogen-bond acceptors (Lipinski definition) is 3. The first kappa shape index (κ1) is 15.3. The van der Waals surface area contributed by atoms with E-state index >= 15 is 0 Å². The fraction of sp³-hybridized carbons (Fsp3) is 0.706. The normalized spacial score (nSPS) is 19.1. The van der Waals surface area contributed by atoms with Crippen LogP contribution in [0.1, 0.15) is 53.2 Å². The molecule has 0 saturated carbocycles. The Morgan fingerprint density at radius 3 is 2.70 bits per heavy atom. The third-order valence-electron chi connectivity index (χ3n) is 3.82. The van der Waals surface area contributed by atoms with Crippen LogP contribution >= 0.6 is 0 Å². The predicted molar refractivity (Wildman–Crippen MR) is 86.1 cm³/mol. The van der Waals surface area contributed by atoms with Crippen molar-refractivity contribution in [1.29, 1.82) is 0 Å². The van der Waals surface area contributed by atoms with Gasteiger partial charge in [-0.15, -0.1) is 0 Å². The van der Waals surface area contributed by atoms with Crippen molar-refractivity contribution < 1.29 is 0 Å². The van der Waals surface area contributed by atoms with Crippen LogP contribution in [-0.4, -0.2) is 23.6 Å². The molecule has 2 heterocycles. The number of aromatic nitrogens is 1. The predicted octanol–water partition coefficient (Wildman–Crippen LogP) is 3.60. The maximum absolute atomic E-state index is 4.83. The first-order valence-corrected chi connectivity index (χ1v) is 7.71. The lowest BCUT2D eigenvalue weighted by molar-refractivity contribution is 0.292. The van der Waals surface area contributed by atoms with Crippen molar-refractivity contribution in [2.45, 2.75) is 59.5 Å². The molecular weight excluding hydrogens is 246 g/mol. The Labute approximate surface area is 123 Å². The summed E-state index contributed by atoms with van der Waals surface area (Å²) in [5, 5.41) is 3.50. The van der Waals surface area contributed by atoms with E-state index in [0.717, 1.165) is 31.1 Å². The van der Waals surface area contributed by atoms with E-state index in [1.807, 2.05) is 0 Å². The first-order valence-electron chi connectivity index (χ1n) is 7.71. The second-order valence-corrected chi connectivity index (χ2v) is 7.78. The average molecular weight is 275 g/mol. The molecule has 1 aromatic rings. The molecule has 0 unspecified atom stereocenters. The molecule has 1 aliphatic rings. The number of piperidine rings is 1. The molecule has 0 aliphatic carbocycles. The zero-order chi connectivity index (χ0) is 14.8. The lowest BCUT2D eigenvalue weighted by Gasteiger charge is -2.38. The van der Waals surface area contributed by atoms with E-state index in [1.165, 1.54) is 12.8 Å². The molecule has 3 nitrogen and oxygen atoms in total. The summed E-state index contributed by atoms with van der Waals surface area (Å²) in [5.41, 5.74) is 1.66. The lowest BCUT2D eigenvalue weighted by atomic mass is 9.84. The van der Waals surface area contributed by atoms with Crippen LogP contribution in [0.25, 0.3) is 0 Å². The van der Waals surface area contributed by atoms with Gasteiger partial charge in [-0.3, -0.25) is 0 Å². The zero-order valence-electron chi connectivity index (χ0n) is 13.7. The molecule has 2 rings (SSSR count). The van der Waals surface area contributed by atoms with Crippen LogP contribution in [0.15, 0.2) is 18.2 Å². The molecule has 0 bridgehead atoms. The summed E-state index contributed by atoms with van der Waals surface area (Å²) in [5.74, 6) is 1.13. The van der Waals surface area contributed by atoms with Crippen LogP contribution in [0.3, 0.4) is 0 Å². The van der Waals surface area contributed by atoms with E-state index < -0.39 is 0 Å². The van der Waals surface area contributed by atoms with Crippen molar-refractivity contribution in [3.05, 3.63) is 23.9 Å². The van der Waals surface area contributed by atoms with E-state index in [2.05, 4.69) is 63.0 Å². The molecule has 112 valence electrons. The van der Waals surface area contributed by atoms with E-state index in [9.17, 15) is 0 Å². The van der Waals surface area contributed by atoms with Crippen LogP contribution < -0.4 is 10.2 Å². The molecule has 0 amide bonds. The van der Waals surface area contributed by atoms with Gasteiger partial charge in [0.05, 0.1) is 5.69 Å². The number of anilines is 1. The standard InChI is InChI=1S/C17H29N3/c1-16(2,3)18-12-14-8-6-9-15(19-14)20-11-7-10-17(4,5)13-20/h6,8-9,18H,7,10-13H2,1-5H3. The Morgan fingerprint density at radius 2 is 2.05 bits per heavy atom. The highest BCUT2D eigenvalue weighted by molar-refractivity contribution is 5.40. The SMILES string of the molecule is CC1(C)CCCN(c2cccc(CNC(C)(C)C)n2)C1. The third-order valence-corrected chi connectivity index (χ3v) is 3.82. The fourth-order valence-corrected chi connectivity index (χ4v) is 2.72. The van der Waals surface area contributed by atoms with Gasteiger partial charge in [-0.25, -0.2) is 4.98 Å². The second-order valence-electron chi connectivity index (χ2n) is 7.78. The molecular formula is C17H29N3. The monoisotopic (exact) mass is 275 g/mol. The lowest BCUT2D eigenvalue weighted by Crippen LogP contribution is -2.40. The molecule has 1 N–H and O–H groups in total. The summed E-state index contributed by atoms with van der Waals surface area (Å²) in [6.07, 6.45) is 2.58. The van der Waals surface area contributed by atoms with Gasteiger partial charge in [0, 0.05) is 25.2 Å². The Morgan fingerprint density at radius 1 is 1.30 bits per heavy atom. The van der Waals surface area contributed by atoms with Crippen molar-refractivity contribution in [2.75, 3.05) is 18.0 Å². The summed E-state index contributed by atoms with van der Waals surface area (Å²) in [6.45, 7) is 14.3. The molecule has 20 heavy (non-hydrogen) atoms. The van der Waals surface area contributed by atoms with Gasteiger partial charge in [0.1, 0.15) is 5.82 Å². The number of hydrogen-bond donors (Lipinski definition) is 1. The van der Waals surface area contributed by atoms with Gasteiger partial charge in [0.2, 0.25) is 0 Å². The van der Waals surface area contributed by atoms with Crippen LogP contribution in [0.4, 0.5) is 5.82 Å². The fourth-order valence-electron chi connectivity index (χ4n) is 2.72. The molecule has 3 heteroatoms. The highest BCUT2D eigenvalue weighted by Crippen LogP contribution is 2.30. The zero-order valence-corrected chi connectivity index (χ0v) is 13.7. The second kappa shape index (κ2) is 5.72. The van der Waals surface area contributed by atoms with Crippen molar-refractivity contribution in [1.82, 2.24) is 10.3 Å². The van der Waals surface area contributed by atoms with Crippen molar-refractivity contribution in [2.24, 2.45) is 5.41 Å². The molecule has 0 aromatic carbocycles. The van der Waals surface area contributed by atoms with Crippen LogP contribution in [0.2, 0.25) is 0 Å². The van der Waals surface area contributed by atoms with Crippen molar-refractivity contribution in [3.63, 3.8) is 0 Å². The smallest absolute Gasteiger partial charge is 0.128 e. The summed E-state index contributed by atoms with van der Waals surface area (Å²) in [6, 6.07) is 6.38. The largest absolute Gasteiger partial charge is 0.356 e. The minimum atomic E-state index is 0.130. The van der Waals surface area contributed by atoms with Crippen LogP contribution in [-0.2, 0) is 6.54 Å². The molecule has 1 fully saturated rings. The molecule has 0 atom stereocenters. The summed E-state index contributed by atoms with van der Waals surface area (Å²) >= 11 is 0. The quantitative estimate of drug-likeness (QED) is 0.913. The van der Waals surface area contributed by atoms with E-state index in [-0.39, 0.29) is 5.54 Å². The maximum atomic E-state index is 4.83. The number of pyridine rings is 1. The Hall–Kier alpha value is -1.09. The number of nitrogens with one attached hydrogen (secondary N) is 1. The summed E-state index contributed by atoms with van der Waals surface area (Å²) in [7, 11) is 0. The van der Waals surface area contributed by atoms with Crippen molar-refractivity contribution in [3.8, 4) is 0 Å². The van der Waals surface area contributed by atoms with E-state index in [1.54, 1.807) is 0 Å². The average Bonchev–Trinajstić information content (AvgIpc) is 2.35.